The Morgan fingerprint density at radius 1 is 1.37 bits per heavy atom. The first-order chi connectivity index (χ1) is 9.15. The molecule has 0 radical (unpaired) electrons. The monoisotopic (exact) mass is 325 g/mol. The number of hydrogen-bond acceptors (Lipinski definition) is 2. The molecule has 0 saturated heterocycles. The molecule has 4 heteroatoms. The minimum atomic E-state index is -0.172. The fourth-order valence-corrected chi connectivity index (χ4v) is 2.29. The van der Waals surface area contributed by atoms with E-state index in [2.05, 4.69) is 28.2 Å². The van der Waals surface area contributed by atoms with Gasteiger partial charge in [0.25, 0.3) is 0 Å². The molecule has 0 aliphatic rings. The van der Waals surface area contributed by atoms with Crippen molar-refractivity contribution < 1.29 is 8.81 Å². The van der Waals surface area contributed by atoms with Crippen LogP contribution in [0.5, 0.6) is 0 Å². The first kappa shape index (κ1) is 14.3. The van der Waals surface area contributed by atoms with E-state index in [1.54, 1.807) is 12.3 Å². The standard InChI is InChI=1S/C15H17BrFNO/c1-11(4-6-14-3-2-8-19-14)18-10-12-9-13(16)5-7-15(12)17/h2-3,5,7-9,11,18H,4,6,10H2,1H3. The van der Waals surface area contributed by atoms with Gasteiger partial charge in [-0.25, -0.2) is 4.39 Å². The summed E-state index contributed by atoms with van der Waals surface area (Å²) < 4.78 is 19.7. The van der Waals surface area contributed by atoms with Gasteiger partial charge in [0, 0.05) is 29.0 Å². The summed E-state index contributed by atoms with van der Waals surface area (Å²) in [6.07, 6.45) is 3.54. The molecule has 0 fully saturated rings. The molecule has 2 aromatic rings. The minimum absolute atomic E-state index is 0.172. The van der Waals surface area contributed by atoms with Crippen molar-refractivity contribution in [3.63, 3.8) is 0 Å². The summed E-state index contributed by atoms with van der Waals surface area (Å²) in [5.41, 5.74) is 0.680. The van der Waals surface area contributed by atoms with E-state index in [9.17, 15) is 4.39 Å². The number of hydrogen-bond donors (Lipinski definition) is 1. The Morgan fingerprint density at radius 2 is 2.21 bits per heavy atom. The number of halogens is 2. The zero-order chi connectivity index (χ0) is 13.7. The Hall–Kier alpha value is -1.13. The molecule has 0 amide bonds. The lowest BCUT2D eigenvalue weighted by atomic mass is 10.1. The third-order valence-corrected chi connectivity index (χ3v) is 3.55. The van der Waals surface area contributed by atoms with Crippen LogP contribution in [0.3, 0.4) is 0 Å². The van der Waals surface area contributed by atoms with Crippen molar-refractivity contribution in [3.8, 4) is 0 Å². The van der Waals surface area contributed by atoms with Gasteiger partial charge in [-0.1, -0.05) is 15.9 Å². The molecule has 102 valence electrons. The van der Waals surface area contributed by atoms with Crippen LogP contribution in [0.4, 0.5) is 4.39 Å². The second-order valence-electron chi connectivity index (χ2n) is 4.64. The fourth-order valence-electron chi connectivity index (χ4n) is 1.88. The van der Waals surface area contributed by atoms with Crippen molar-refractivity contribution in [2.75, 3.05) is 0 Å². The molecule has 0 aliphatic carbocycles. The number of nitrogens with one attached hydrogen (secondary N) is 1. The van der Waals surface area contributed by atoms with Crippen molar-refractivity contribution in [2.24, 2.45) is 0 Å². The second-order valence-corrected chi connectivity index (χ2v) is 5.55. The highest BCUT2D eigenvalue weighted by molar-refractivity contribution is 9.10. The van der Waals surface area contributed by atoms with E-state index in [1.807, 2.05) is 18.2 Å². The van der Waals surface area contributed by atoms with Crippen molar-refractivity contribution in [3.05, 3.63) is 58.2 Å². The quantitative estimate of drug-likeness (QED) is 0.856. The van der Waals surface area contributed by atoms with Crippen molar-refractivity contribution >= 4 is 15.9 Å². The maximum absolute atomic E-state index is 13.6. The summed E-state index contributed by atoms with van der Waals surface area (Å²) >= 11 is 3.35. The summed E-state index contributed by atoms with van der Waals surface area (Å²) in [4.78, 5) is 0. The zero-order valence-electron chi connectivity index (χ0n) is 10.8. The number of aryl methyl sites for hydroxylation is 1. The second kappa shape index (κ2) is 6.87. The van der Waals surface area contributed by atoms with Gasteiger partial charge in [-0.05, 0) is 43.7 Å². The van der Waals surface area contributed by atoms with Gasteiger partial charge in [-0.3, -0.25) is 0 Å². The van der Waals surface area contributed by atoms with Gasteiger partial charge in [0.15, 0.2) is 0 Å². The third-order valence-electron chi connectivity index (χ3n) is 3.05. The zero-order valence-corrected chi connectivity index (χ0v) is 12.4. The van der Waals surface area contributed by atoms with E-state index in [1.165, 1.54) is 6.07 Å². The van der Waals surface area contributed by atoms with Crippen LogP contribution in [0.15, 0.2) is 45.5 Å². The van der Waals surface area contributed by atoms with E-state index in [0.29, 0.717) is 18.2 Å². The number of furan rings is 1. The highest BCUT2D eigenvalue weighted by Gasteiger charge is 2.07. The predicted molar refractivity (Wildman–Crippen MR) is 77.4 cm³/mol. The third kappa shape index (κ3) is 4.48. The average Bonchev–Trinajstić information content (AvgIpc) is 2.90. The Bertz CT molecular complexity index is 513. The maximum Gasteiger partial charge on any atom is 0.127 e. The van der Waals surface area contributed by atoms with Crippen LogP contribution in [-0.4, -0.2) is 6.04 Å². The normalized spacial score (nSPS) is 12.6. The SMILES string of the molecule is CC(CCc1ccco1)NCc1cc(Br)ccc1F. The van der Waals surface area contributed by atoms with Gasteiger partial charge >= 0.3 is 0 Å². The largest absolute Gasteiger partial charge is 0.469 e. The summed E-state index contributed by atoms with van der Waals surface area (Å²) in [5.74, 6) is 0.816. The van der Waals surface area contributed by atoms with Crippen molar-refractivity contribution in [1.82, 2.24) is 5.32 Å². The predicted octanol–water partition coefficient (Wildman–Crippen LogP) is 4.29. The Kier molecular flexibility index (Phi) is 5.16. The summed E-state index contributed by atoms with van der Waals surface area (Å²) in [5, 5.41) is 3.33. The van der Waals surface area contributed by atoms with Gasteiger partial charge in [0.1, 0.15) is 11.6 Å². The van der Waals surface area contributed by atoms with Crippen LogP contribution < -0.4 is 5.32 Å². The molecule has 1 aromatic heterocycles. The van der Waals surface area contributed by atoms with E-state index >= 15 is 0 Å². The van der Waals surface area contributed by atoms with E-state index in [0.717, 1.165) is 23.1 Å². The van der Waals surface area contributed by atoms with E-state index in [-0.39, 0.29) is 5.82 Å². The average molecular weight is 326 g/mol. The van der Waals surface area contributed by atoms with Crippen LogP contribution in [0.2, 0.25) is 0 Å². The van der Waals surface area contributed by atoms with Crippen LogP contribution in [0, 0.1) is 5.82 Å². The van der Waals surface area contributed by atoms with E-state index < -0.39 is 0 Å². The minimum Gasteiger partial charge on any atom is -0.469 e. The molecule has 0 bridgehead atoms. The molecule has 1 unspecified atom stereocenters. The van der Waals surface area contributed by atoms with Gasteiger partial charge in [0.2, 0.25) is 0 Å². The lowest BCUT2D eigenvalue weighted by Gasteiger charge is -2.13. The van der Waals surface area contributed by atoms with Crippen LogP contribution in [-0.2, 0) is 13.0 Å². The summed E-state index contributed by atoms with van der Waals surface area (Å²) in [7, 11) is 0. The molecule has 19 heavy (non-hydrogen) atoms. The highest BCUT2D eigenvalue weighted by atomic mass is 79.9. The molecule has 1 aromatic carbocycles. The van der Waals surface area contributed by atoms with Crippen molar-refractivity contribution in [1.29, 1.82) is 0 Å². The van der Waals surface area contributed by atoms with Crippen LogP contribution in [0.25, 0.3) is 0 Å². The first-order valence-electron chi connectivity index (χ1n) is 6.35. The lowest BCUT2D eigenvalue weighted by molar-refractivity contribution is 0.456. The molecule has 2 rings (SSSR count). The summed E-state index contributed by atoms with van der Waals surface area (Å²) in [6.45, 7) is 2.63. The van der Waals surface area contributed by atoms with Crippen LogP contribution >= 0.6 is 15.9 Å². The number of benzene rings is 1. The Labute approximate surface area is 121 Å². The molecule has 0 spiro atoms. The molecule has 2 nitrogen and oxygen atoms in total. The van der Waals surface area contributed by atoms with Gasteiger partial charge < -0.3 is 9.73 Å². The Morgan fingerprint density at radius 3 is 2.95 bits per heavy atom. The summed E-state index contributed by atoms with van der Waals surface area (Å²) in [6, 6.07) is 9.17. The van der Waals surface area contributed by atoms with Gasteiger partial charge in [-0.2, -0.15) is 0 Å². The number of rotatable bonds is 6. The molecular formula is C15H17BrFNO. The highest BCUT2D eigenvalue weighted by Crippen LogP contribution is 2.15. The lowest BCUT2D eigenvalue weighted by Crippen LogP contribution is -2.26. The molecule has 0 saturated carbocycles. The molecule has 1 heterocycles. The Balaban J connectivity index is 1.79. The first-order valence-corrected chi connectivity index (χ1v) is 7.14. The smallest absolute Gasteiger partial charge is 0.127 e. The maximum atomic E-state index is 13.6. The van der Waals surface area contributed by atoms with Crippen LogP contribution in [0.1, 0.15) is 24.7 Å². The molecule has 1 N–H and O–H groups in total. The molecule has 0 aliphatic heterocycles. The molecule has 1 atom stereocenters. The van der Waals surface area contributed by atoms with Gasteiger partial charge in [0.05, 0.1) is 6.26 Å². The van der Waals surface area contributed by atoms with Crippen molar-refractivity contribution in [2.45, 2.75) is 32.4 Å². The fraction of sp³-hybridized carbons (Fsp3) is 0.333. The van der Waals surface area contributed by atoms with E-state index in [4.69, 9.17) is 4.42 Å². The van der Waals surface area contributed by atoms with Gasteiger partial charge in [-0.15, -0.1) is 0 Å². The molecular weight excluding hydrogens is 309 g/mol. The topological polar surface area (TPSA) is 25.2 Å².